The summed E-state index contributed by atoms with van der Waals surface area (Å²) in [6.45, 7) is 1.05. The van der Waals surface area contributed by atoms with E-state index in [0.29, 0.717) is 13.1 Å². The minimum atomic E-state index is -3.92. The van der Waals surface area contributed by atoms with E-state index in [1.54, 1.807) is 0 Å². The van der Waals surface area contributed by atoms with Gasteiger partial charge in [-0.25, -0.2) is 21.2 Å². The monoisotopic (exact) mass is 375 g/mol. The first-order valence-corrected chi connectivity index (χ1v) is 11.1. The summed E-state index contributed by atoms with van der Waals surface area (Å²) in [5.74, 6) is -1.90. The Labute approximate surface area is 140 Å². The van der Waals surface area contributed by atoms with Crippen molar-refractivity contribution < 1.29 is 26.0 Å². The van der Waals surface area contributed by atoms with E-state index in [0.717, 1.165) is 31.0 Å². The highest BCUT2D eigenvalue weighted by molar-refractivity contribution is 7.96. The Kier molecular flexibility index (Phi) is 4.41. The van der Waals surface area contributed by atoms with E-state index >= 15 is 0 Å². The van der Waals surface area contributed by atoms with Crippen LogP contribution in [0.5, 0.6) is 0 Å². The molecule has 9 heteroatoms. The fourth-order valence-electron chi connectivity index (χ4n) is 3.13. The number of amides is 1. The second kappa shape index (κ2) is 6.11. The molecule has 1 aromatic carbocycles. The van der Waals surface area contributed by atoms with Crippen LogP contribution >= 0.6 is 0 Å². The number of hydrogen-bond acceptors (Lipinski definition) is 5. The molecule has 1 aromatic rings. The van der Waals surface area contributed by atoms with E-state index in [4.69, 9.17) is 0 Å². The number of sulfone groups is 2. The van der Waals surface area contributed by atoms with Gasteiger partial charge < -0.3 is 4.90 Å². The van der Waals surface area contributed by atoms with Crippen LogP contribution in [-0.2, 0) is 19.7 Å². The highest BCUT2D eigenvalue weighted by Gasteiger charge is 2.38. The van der Waals surface area contributed by atoms with Crippen LogP contribution in [0.3, 0.4) is 0 Å². The van der Waals surface area contributed by atoms with Crippen LogP contribution < -0.4 is 0 Å². The number of likely N-dealkylation sites (tertiary alicyclic amines) is 1. The van der Waals surface area contributed by atoms with Crippen molar-refractivity contribution in [2.75, 3.05) is 24.6 Å². The lowest BCUT2D eigenvalue weighted by Gasteiger charge is -2.17. The van der Waals surface area contributed by atoms with Crippen molar-refractivity contribution in [2.24, 2.45) is 0 Å². The molecule has 0 unspecified atom stereocenters. The highest BCUT2D eigenvalue weighted by Crippen LogP contribution is 2.27. The SMILES string of the molecule is O=C(c1cc(S(=O)(=O)[C@H]2CCS(=O)(=O)C2)ccc1F)N1CCCC1. The lowest BCUT2D eigenvalue weighted by molar-refractivity contribution is 0.0788. The Bertz CT molecular complexity index is 873. The molecule has 24 heavy (non-hydrogen) atoms. The maximum Gasteiger partial charge on any atom is 0.256 e. The molecule has 1 amide bonds. The number of benzene rings is 1. The van der Waals surface area contributed by atoms with E-state index in [-0.39, 0.29) is 22.6 Å². The largest absolute Gasteiger partial charge is 0.339 e. The molecule has 2 saturated heterocycles. The number of rotatable bonds is 3. The van der Waals surface area contributed by atoms with Gasteiger partial charge in [-0.15, -0.1) is 0 Å². The Morgan fingerprint density at radius 1 is 1.21 bits per heavy atom. The first-order valence-electron chi connectivity index (χ1n) is 7.74. The normalized spacial score (nSPS) is 23.5. The van der Waals surface area contributed by atoms with Gasteiger partial charge in [0.25, 0.3) is 5.91 Å². The Hall–Kier alpha value is -1.48. The van der Waals surface area contributed by atoms with Gasteiger partial charge in [0.1, 0.15) is 5.82 Å². The van der Waals surface area contributed by atoms with Crippen LogP contribution in [0, 0.1) is 5.82 Å². The summed E-state index contributed by atoms with van der Waals surface area (Å²) in [6.07, 6.45) is 1.70. The second-order valence-electron chi connectivity index (χ2n) is 6.21. The third kappa shape index (κ3) is 3.19. The molecule has 2 fully saturated rings. The molecule has 2 heterocycles. The maximum atomic E-state index is 14.0. The highest BCUT2D eigenvalue weighted by atomic mass is 32.2. The fourth-order valence-corrected chi connectivity index (χ4v) is 7.52. The molecule has 3 rings (SSSR count). The van der Waals surface area contributed by atoms with Gasteiger partial charge in [0.05, 0.1) is 27.2 Å². The van der Waals surface area contributed by atoms with E-state index in [1.807, 2.05) is 0 Å². The van der Waals surface area contributed by atoms with Crippen LogP contribution in [0.15, 0.2) is 23.1 Å². The molecule has 0 spiro atoms. The number of hydrogen-bond donors (Lipinski definition) is 0. The third-order valence-corrected chi connectivity index (χ3v) is 8.69. The summed E-state index contributed by atoms with van der Waals surface area (Å²) in [7, 11) is -7.29. The van der Waals surface area contributed by atoms with E-state index in [1.165, 1.54) is 4.90 Å². The number of carbonyl (C=O) groups excluding carboxylic acids is 1. The van der Waals surface area contributed by atoms with E-state index in [9.17, 15) is 26.0 Å². The Morgan fingerprint density at radius 3 is 2.46 bits per heavy atom. The van der Waals surface area contributed by atoms with E-state index < -0.39 is 42.4 Å². The quantitative estimate of drug-likeness (QED) is 0.736. The van der Waals surface area contributed by atoms with Crippen molar-refractivity contribution in [3.8, 4) is 0 Å². The van der Waals surface area contributed by atoms with Crippen molar-refractivity contribution in [2.45, 2.75) is 29.4 Å². The van der Waals surface area contributed by atoms with Gasteiger partial charge in [-0.05, 0) is 37.5 Å². The molecule has 0 bridgehead atoms. The predicted octanol–water partition coefficient (Wildman–Crippen LogP) is 1.02. The first-order chi connectivity index (χ1) is 11.2. The van der Waals surface area contributed by atoms with Crippen molar-refractivity contribution >= 4 is 25.6 Å². The van der Waals surface area contributed by atoms with Crippen LogP contribution in [0.25, 0.3) is 0 Å². The van der Waals surface area contributed by atoms with Gasteiger partial charge in [0.2, 0.25) is 0 Å². The summed E-state index contributed by atoms with van der Waals surface area (Å²) in [5, 5.41) is -1.04. The summed E-state index contributed by atoms with van der Waals surface area (Å²) in [6, 6.07) is 3.09. The molecule has 0 N–H and O–H groups in total. The standard InChI is InChI=1S/C15H18FNO5S2/c16-14-4-3-11(9-13(14)15(18)17-6-1-2-7-17)24(21,22)12-5-8-23(19,20)10-12/h3-4,9,12H,1-2,5-8,10H2/t12-/m0/s1. The van der Waals surface area contributed by atoms with Crippen LogP contribution in [0.4, 0.5) is 4.39 Å². The zero-order valence-corrected chi connectivity index (χ0v) is 14.6. The van der Waals surface area contributed by atoms with Gasteiger partial charge in [0, 0.05) is 13.1 Å². The Balaban J connectivity index is 1.94. The molecule has 0 aromatic heterocycles. The van der Waals surface area contributed by atoms with Crippen LogP contribution in [0.1, 0.15) is 29.6 Å². The zero-order valence-electron chi connectivity index (χ0n) is 12.9. The molecule has 0 saturated carbocycles. The number of nitrogens with zero attached hydrogens (tertiary/aromatic N) is 1. The topological polar surface area (TPSA) is 88.6 Å². The van der Waals surface area contributed by atoms with Gasteiger partial charge in [-0.2, -0.15) is 0 Å². The van der Waals surface area contributed by atoms with Gasteiger partial charge in [-0.1, -0.05) is 0 Å². The fraction of sp³-hybridized carbons (Fsp3) is 0.533. The molecular formula is C15H18FNO5S2. The van der Waals surface area contributed by atoms with Gasteiger partial charge in [-0.3, -0.25) is 4.79 Å². The molecule has 1 atom stereocenters. The molecule has 2 aliphatic rings. The average molecular weight is 375 g/mol. The maximum absolute atomic E-state index is 14.0. The first kappa shape index (κ1) is 17.3. The van der Waals surface area contributed by atoms with Crippen molar-refractivity contribution in [3.05, 3.63) is 29.6 Å². The van der Waals surface area contributed by atoms with Crippen molar-refractivity contribution in [1.82, 2.24) is 4.90 Å². The van der Waals surface area contributed by atoms with E-state index in [2.05, 4.69) is 0 Å². The summed E-state index contributed by atoms with van der Waals surface area (Å²) >= 11 is 0. The van der Waals surface area contributed by atoms with Crippen molar-refractivity contribution in [1.29, 1.82) is 0 Å². The number of carbonyl (C=O) groups is 1. The smallest absolute Gasteiger partial charge is 0.256 e. The average Bonchev–Trinajstić information content (AvgIpc) is 3.16. The van der Waals surface area contributed by atoms with Gasteiger partial charge in [0.15, 0.2) is 19.7 Å². The lowest BCUT2D eigenvalue weighted by atomic mass is 10.2. The molecule has 132 valence electrons. The predicted molar refractivity (Wildman–Crippen MR) is 85.8 cm³/mol. The minimum Gasteiger partial charge on any atom is -0.339 e. The summed E-state index contributed by atoms with van der Waals surface area (Å²) in [5.41, 5.74) is -0.279. The number of halogens is 1. The van der Waals surface area contributed by atoms with Crippen LogP contribution in [-0.4, -0.2) is 57.5 Å². The molecule has 0 aliphatic carbocycles. The minimum absolute atomic E-state index is 0.0252. The van der Waals surface area contributed by atoms with Crippen LogP contribution in [0.2, 0.25) is 0 Å². The second-order valence-corrected chi connectivity index (χ2v) is 10.7. The summed E-state index contributed by atoms with van der Waals surface area (Å²) in [4.78, 5) is 13.7. The summed E-state index contributed by atoms with van der Waals surface area (Å²) < 4.78 is 62.3. The zero-order chi connectivity index (χ0) is 17.5. The molecule has 6 nitrogen and oxygen atoms in total. The van der Waals surface area contributed by atoms with Gasteiger partial charge >= 0.3 is 0 Å². The molecular weight excluding hydrogens is 357 g/mol. The lowest BCUT2D eigenvalue weighted by Crippen LogP contribution is -2.29. The molecule has 0 radical (unpaired) electrons. The third-order valence-electron chi connectivity index (χ3n) is 4.52. The van der Waals surface area contributed by atoms with Crippen molar-refractivity contribution in [3.63, 3.8) is 0 Å². The Morgan fingerprint density at radius 2 is 1.88 bits per heavy atom. The molecule has 2 aliphatic heterocycles.